The number of phosphoric ester groups is 2. The molecule has 22 heteroatoms. The molecule has 2 saturated heterocycles. The zero-order valence-corrected chi connectivity index (χ0v) is 23.0. The van der Waals surface area contributed by atoms with Gasteiger partial charge >= 0.3 is 15.6 Å². The summed E-state index contributed by atoms with van der Waals surface area (Å²) in [7, 11) is -9.95. The molecule has 0 radical (unpaired) electrons. The normalized spacial score (nSPS) is 26.3. The number of nitrogens with one attached hydrogen (secondary N) is 1. The molecule has 0 aromatic carbocycles. The van der Waals surface area contributed by atoms with Crippen molar-refractivity contribution in [3.63, 3.8) is 0 Å². The standard InChI is InChI=1S/C20H23FN8O11P2/c21-10-4-28(17-14(10)19(30)26-7-24-17)20-11(3-13(38-20)40-41(31,32)33)39-42(34,35)36-5-9-1-2-12(37-9)29-8-27-15-16(22)23-6-25-18(15)29/h4,6-9,11-13,20H,1-3,5H2,(H,34,35)(H2,22,23,25)(H,24,26,30)(H2,31,32,33)/t9-,11+,12+,13+,20+/m0/s1. The highest BCUT2D eigenvalue weighted by atomic mass is 31.2. The van der Waals surface area contributed by atoms with E-state index in [-0.39, 0.29) is 18.1 Å². The number of rotatable bonds is 9. The summed E-state index contributed by atoms with van der Waals surface area (Å²) in [4.78, 5) is 59.4. The maximum atomic E-state index is 14.6. The number of halogens is 1. The number of imidazole rings is 1. The quantitative estimate of drug-likeness (QED) is 0.160. The van der Waals surface area contributed by atoms with Crippen molar-refractivity contribution in [1.82, 2.24) is 34.1 Å². The molecule has 0 amide bonds. The summed E-state index contributed by atoms with van der Waals surface area (Å²) in [6, 6.07) is 0. The van der Waals surface area contributed by atoms with E-state index < -0.39 is 69.8 Å². The number of fused-ring (bicyclic) bond motifs is 2. The van der Waals surface area contributed by atoms with Crippen molar-refractivity contribution >= 4 is 43.7 Å². The fourth-order valence-electron chi connectivity index (χ4n) is 4.88. The van der Waals surface area contributed by atoms with Gasteiger partial charge in [0, 0.05) is 12.6 Å². The monoisotopic (exact) mass is 632 g/mol. The van der Waals surface area contributed by atoms with Crippen molar-refractivity contribution in [3.8, 4) is 0 Å². The van der Waals surface area contributed by atoms with Crippen LogP contribution in [0.3, 0.4) is 0 Å². The molecule has 19 nitrogen and oxygen atoms in total. The lowest BCUT2D eigenvalue weighted by atomic mass is 10.2. The average Bonchev–Trinajstić information content (AvgIpc) is 3.68. The molecule has 0 spiro atoms. The highest BCUT2D eigenvalue weighted by Crippen LogP contribution is 2.51. The lowest BCUT2D eigenvalue weighted by molar-refractivity contribution is -0.114. The highest BCUT2D eigenvalue weighted by molar-refractivity contribution is 7.47. The highest BCUT2D eigenvalue weighted by Gasteiger charge is 2.45. The predicted octanol–water partition coefficient (Wildman–Crippen LogP) is 0.820. The van der Waals surface area contributed by atoms with Crippen LogP contribution in [0.25, 0.3) is 22.2 Å². The molecule has 0 saturated carbocycles. The molecule has 6 heterocycles. The number of nitrogens with zero attached hydrogens (tertiary/aromatic N) is 6. The van der Waals surface area contributed by atoms with Crippen LogP contribution in [0.5, 0.6) is 0 Å². The smallest absolute Gasteiger partial charge is 0.382 e. The molecular weight excluding hydrogens is 609 g/mol. The van der Waals surface area contributed by atoms with Crippen molar-refractivity contribution < 1.29 is 51.2 Å². The average molecular weight is 632 g/mol. The molecule has 2 aliphatic rings. The van der Waals surface area contributed by atoms with Crippen LogP contribution < -0.4 is 11.3 Å². The van der Waals surface area contributed by atoms with Crippen molar-refractivity contribution in [1.29, 1.82) is 0 Å². The molecule has 42 heavy (non-hydrogen) atoms. The summed E-state index contributed by atoms with van der Waals surface area (Å²) >= 11 is 0. The van der Waals surface area contributed by atoms with E-state index in [2.05, 4.69) is 29.4 Å². The third-order valence-electron chi connectivity index (χ3n) is 6.61. The van der Waals surface area contributed by atoms with E-state index >= 15 is 0 Å². The van der Waals surface area contributed by atoms with Crippen LogP contribution in [0.15, 0.2) is 30.0 Å². The van der Waals surface area contributed by atoms with Gasteiger partial charge in [0.2, 0.25) is 0 Å². The van der Waals surface area contributed by atoms with Gasteiger partial charge in [-0.25, -0.2) is 33.5 Å². The van der Waals surface area contributed by atoms with Gasteiger partial charge in [-0.1, -0.05) is 0 Å². The molecular formula is C20H23FN8O11P2. The molecule has 2 aliphatic heterocycles. The first-order valence-electron chi connectivity index (χ1n) is 12.3. The van der Waals surface area contributed by atoms with E-state index in [0.29, 0.717) is 24.0 Å². The second kappa shape index (κ2) is 10.8. The summed E-state index contributed by atoms with van der Waals surface area (Å²) in [5, 5.41) is -0.435. The van der Waals surface area contributed by atoms with E-state index in [0.717, 1.165) is 17.1 Å². The number of nitrogens with two attached hydrogens (primary N) is 1. The number of aromatic amines is 1. The SMILES string of the molecule is Nc1ncnc2c1ncn2[C@H]1CC[C@@H](COP(=O)(O)O[C@@H]2C[C@@H](OP(=O)(O)O)O[C@H]2n2cc(F)c3c(=O)[nH]cnc32)O1. The topological polar surface area (TPSA) is 261 Å². The Bertz CT molecular complexity index is 1790. The Hall–Kier alpha value is -3.16. The first-order valence-corrected chi connectivity index (χ1v) is 15.3. The molecule has 1 unspecified atom stereocenters. The first-order chi connectivity index (χ1) is 19.9. The van der Waals surface area contributed by atoms with Crippen LogP contribution in [0.4, 0.5) is 10.2 Å². The summed E-state index contributed by atoms with van der Waals surface area (Å²) in [5.41, 5.74) is 5.66. The number of hydrogen-bond donors (Lipinski definition) is 5. The van der Waals surface area contributed by atoms with Crippen molar-refractivity contribution in [2.24, 2.45) is 0 Å². The Morgan fingerprint density at radius 1 is 1.10 bits per heavy atom. The van der Waals surface area contributed by atoms with E-state index in [1.165, 1.54) is 12.7 Å². The summed E-state index contributed by atoms with van der Waals surface area (Å²) in [6.07, 6.45) is -0.657. The second-order valence-corrected chi connectivity index (χ2v) is 12.0. The summed E-state index contributed by atoms with van der Waals surface area (Å²) in [6.45, 7) is -0.368. The van der Waals surface area contributed by atoms with Crippen molar-refractivity contribution in [2.45, 2.75) is 50.2 Å². The second-order valence-electron chi connectivity index (χ2n) is 9.38. The van der Waals surface area contributed by atoms with E-state index in [1.54, 1.807) is 4.57 Å². The molecule has 0 bridgehead atoms. The van der Waals surface area contributed by atoms with Crippen molar-refractivity contribution in [3.05, 3.63) is 41.3 Å². The molecule has 6 rings (SSSR count). The molecule has 6 N–H and O–H groups in total. The van der Waals surface area contributed by atoms with Gasteiger partial charge < -0.3 is 39.4 Å². The third-order valence-corrected chi connectivity index (χ3v) is 8.13. The number of nitrogen functional groups attached to an aromatic ring is 1. The Morgan fingerprint density at radius 3 is 2.69 bits per heavy atom. The number of H-pyrrole nitrogens is 1. The first kappa shape index (κ1) is 28.9. The Kier molecular flexibility index (Phi) is 7.47. The van der Waals surface area contributed by atoms with E-state index in [1.807, 2.05) is 0 Å². The van der Waals surface area contributed by atoms with Gasteiger partial charge in [0.1, 0.15) is 29.6 Å². The number of anilines is 1. The minimum absolute atomic E-state index is 0.204. The lowest BCUT2D eigenvalue weighted by Crippen LogP contribution is -2.23. The van der Waals surface area contributed by atoms with Gasteiger partial charge in [0.15, 0.2) is 35.4 Å². The molecule has 2 fully saturated rings. The van der Waals surface area contributed by atoms with E-state index in [4.69, 9.17) is 24.3 Å². The van der Waals surface area contributed by atoms with Crippen LogP contribution in [0, 0.1) is 5.82 Å². The lowest BCUT2D eigenvalue weighted by Gasteiger charge is -2.23. The minimum atomic E-state index is -5.07. The third kappa shape index (κ3) is 5.73. The number of phosphoric acid groups is 2. The maximum absolute atomic E-state index is 14.6. The molecule has 0 aliphatic carbocycles. The van der Waals surface area contributed by atoms with Gasteiger partial charge in [0.25, 0.3) is 5.56 Å². The Balaban J connectivity index is 1.16. The number of ether oxygens (including phenoxy) is 2. The van der Waals surface area contributed by atoms with Crippen LogP contribution in [-0.4, -0.2) is 73.8 Å². The summed E-state index contributed by atoms with van der Waals surface area (Å²) in [5.74, 6) is -0.784. The van der Waals surface area contributed by atoms with Crippen LogP contribution >= 0.6 is 15.6 Å². The molecule has 4 aromatic rings. The van der Waals surface area contributed by atoms with Crippen LogP contribution in [-0.2, 0) is 32.2 Å². The van der Waals surface area contributed by atoms with Gasteiger partial charge in [-0.3, -0.25) is 22.9 Å². The Labute approximate surface area is 233 Å². The van der Waals surface area contributed by atoms with E-state index in [9.17, 15) is 33.0 Å². The van der Waals surface area contributed by atoms with Gasteiger partial charge in [0.05, 0.1) is 25.4 Å². The fraction of sp³-hybridized carbons (Fsp3) is 0.450. The van der Waals surface area contributed by atoms with Gasteiger partial charge in [-0.15, -0.1) is 0 Å². The Morgan fingerprint density at radius 2 is 1.90 bits per heavy atom. The fourth-order valence-corrected chi connectivity index (χ4v) is 6.27. The molecule has 4 aromatic heterocycles. The zero-order valence-electron chi connectivity index (χ0n) is 21.2. The number of hydrogen-bond acceptors (Lipinski definition) is 13. The minimum Gasteiger partial charge on any atom is -0.382 e. The van der Waals surface area contributed by atoms with Crippen LogP contribution in [0.1, 0.15) is 31.7 Å². The predicted molar refractivity (Wildman–Crippen MR) is 135 cm³/mol. The van der Waals surface area contributed by atoms with Crippen LogP contribution in [0.2, 0.25) is 0 Å². The molecule has 6 atom stereocenters. The van der Waals surface area contributed by atoms with Gasteiger partial charge in [-0.05, 0) is 12.8 Å². The molecule has 226 valence electrons. The van der Waals surface area contributed by atoms with Crippen molar-refractivity contribution in [2.75, 3.05) is 12.3 Å². The van der Waals surface area contributed by atoms with Gasteiger partial charge in [-0.2, -0.15) is 0 Å². The number of aromatic nitrogens is 7. The summed E-state index contributed by atoms with van der Waals surface area (Å²) < 4.78 is 68.1. The maximum Gasteiger partial charge on any atom is 0.472 e. The largest absolute Gasteiger partial charge is 0.472 e. The zero-order chi connectivity index (χ0) is 29.8.